The van der Waals surface area contributed by atoms with Crippen molar-refractivity contribution in [2.45, 2.75) is 32.6 Å². The molecule has 0 fully saturated rings. The van der Waals surface area contributed by atoms with Gasteiger partial charge in [-0.1, -0.05) is 0 Å². The molecular weight excluding hydrogens is 849 g/mol. The summed E-state index contributed by atoms with van der Waals surface area (Å²) in [4.78, 5) is 4.15. The Morgan fingerprint density at radius 2 is 1.03 bits per heavy atom. The maximum atomic E-state index is 15.4. The highest BCUT2D eigenvalue weighted by atomic mass is 31.2. The molecule has 62 heavy (non-hydrogen) atoms. The van der Waals surface area contributed by atoms with Crippen LogP contribution in [0.15, 0.2) is 114 Å². The van der Waals surface area contributed by atoms with Crippen molar-refractivity contribution in [2.24, 2.45) is 0 Å². The van der Waals surface area contributed by atoms with Gasteiger partial charge in [-0.2, -0.15) is 0 Å². The first-order chi connectivity index (χ1) is 29.7. The van der Waals surface area contributed by atoms with Crippen molar-refractivity contribution in [1.29, 1.82) is 0 Å². The molecule has 0 bridgehead atoms. The van der Waals surface area contributed by atoms with Gasteiger partial charge in [-0.15, -0.1) is 0 Å². The molecule has 2 atom stereocenters. The Hall–Kier alpha value is -6.45. The molecule has 0 saturated carbocycles. The van der Waals surface area contributed by atoms with Gasteiger partial charge in [-0.05, 0) is 79.2 Å². The highest BCUT2D eigenvalue weighted by Gasteiger charge is 2.36. The molecule has 1 aliphatic carbocycles. The van der Waals surface area contributed by atoms with E-state index in [0.29, 0.717) is 63.8 Å². The molecule has 0 N–H and O–H groups in total. The van der Waals surface area contributed by atoms with Gasteiger partial charge in [0, 0.05) is 53.6 Å². The lowest BCUT2D eigenvalue weighted by atomic mass is 10.0. The monoisotopic (exact) mass is 881 g/mol. The van der Waals surface area contributed by atoms with Crippen molar-refractivity contribution in [3.63, 3.8) is 0 Å². The zero-order valence-electron chi connectivity index (χ0n) is 32.3. The van der Waals surface area contributed by atoms with E-state index in [4.69, 9.17) is 23.3 Å². The van der Waals surface area contributed by atoms with Gasteiger partial charge in [0.1, 0.15) is 70.1 Å². The van der Waals surface area contributed by atoms with E-state index in [-0.39, 0.29) is 56.6 Å². The van der Waals surface area contributed by atoms with E-state index in [1.165, 1.54) is 64.4 Å². The molecule has 9 rings (SSSR count). The van der Waals surface area contributed by atoms with Crippen LogP contribution in [-0.2, 0) is 24.2 Å². The van der Waals surface area contributed by atoms with E-state index in [0.717, 1.165) is 6.08 Å². The van der Waals surface area contributed by atoms with Crippen molar-refractivity contribution in [3.05, 3.63) is 166 Å². The average molecular weight is 882 g/mol. The van der Waals surface area contributed by atoms with Crippen LogP contribution in [-0.4, -0.2) is 31.1 Å². The summed E-state index contributed by atoms with van der Waals surface area (Å²) in [5.41, 5.74) is 0.681. The fraction of sp³-hybridized carbons (Fsp3) is 0.182. The summed E-state index contributed by atoms with van der Waals surface area (Å²) < 4.78 is 161. The Labute approximate surface area is 348 Å². The largest absolute Gasteiger partial charge is 0.478 e. The maximum Gasteiger partial charge on any atom is 0.462 e. The number of allylic oxidation sites excluding steroid dienone is 4. The molecule has 5 aromatic carbocycles. The number of fused-ring (bicyclic) bond motifs is 3. The first-order valence-corrected chi connectivity index (χ1v) is 20.5. The SMILES string of the molecule is CC1=CC(F)=CC(F)=CC1N1COc2ccc(OP(=O)(Oc3ccc4c(c3)CN(c3c(F)cc(F)cc3F)CO4)c3ccc4c(c3)CN(c3c(F)cc(F)cc3F)CO4)cc2C1. The normalized spacial score (nSPS) is 18.3. The third-order valence-corrected chi connectivity index (χ3v) is 12.3. The van der Waals surface area contributed by atoms with E-state index in [2.05, 4.69) is 0 Å². The zero-order chi connectivity index (χ0) is 43.4. The number of hydrogen-bond donors (Lipinski definition) is 0. The molecule has 0 radical (unpaired) electrons. The molecule has 3 heterocycles. The van der Waals surface area contributed by atoms with E-state index < -0.39 is 71.6 Å². The van der Waals surface area contributed by atoms with Crippen LogP contribution in [0.2, 0.25) is 0 Å². The first-order valence-electron chi connectivity index (χ1n) is 18.9. The van der Waals surface area contributed by atoms with Crippen molar-refractivity contribution < 1.29 is 62.9 Å². The van der Waals surface area contributed by atoms with Gasteiger partial charge in [-0.25, -0.2) is 39.7 Å². The van der Waals surface area contributed by atoms with E-state index in [1.54, 1.807) is 24.0 Å². The van der Waals surface area contributed by atoms with Crippen molar-refractivity contribution in [2.75, 3.05) is 30.0 Å². The Kier molecular flexibility index (Phi) is 10.6. The van der Waals surface area contributed by atoms with Crippen LogP contribution in [0.3, 0.4) is 0 Å². The maximum absolute atomic E-state index is 15.4. The first kappa shape index (κ1) is 40.9. The third kappa shape index (κ3) is 8.05. The quantitative estimate of drug-likeness (QED) is 0.112. The second-order valence-electron chi connectivity index (χ2n) is 14.8. The minimum atomic E-state index is -4.58. The molecule has 3 aliphatic heterocycles. The van der Waals surface area contributed by atoms with Crippen LogP contribution < -0.4 is 38.4 Å². The summed E-state index contributed by atoms with van der Waals surface area (Å²) in [6.45, 7) is 1.01. The Morgan fingerprint density at radius 3 is 1.56 bits per heavy atom. The molecule has 2 unspecified atom stereocenters. The summed E-state index contributed by atoms with van der Waals surface area (Å²) in [5, 5.41) is -0.0299. The topological polar surface area (TPSA) is 72.9 Å². The van der Waals surface area contributed by atoms with Gasteiger partial charge in [0.15, 0.2) is 36.7 Å². The van der Waals surface area contributed by atoms with E-state index in [1.807, 2.05) is 0 Å². The molecule has 320 valence electrons. The highest BCUT2D eigenvalue weighted by molar-refractivity contribution is 7.63. The van der Waals surface area contributed by atoms with E-state index in [9.17, 15) is 35.1 Å². The fourth-order valence-electron chi connectivity index (χ4n) is 7.71. The van der Waals surface area contributed by atoms with Gasteiger partial charge in [0.05, 0.1) is 24.4 Å². The molecule has 0 spiro atoms. The van der Waals surface area contributed by atoms with Gasteiger partial charge in [-0.3, -0.25) is 4.90 Å². The van der Waals surface area contributed by atoms with E-state index >= 15 is 4.57 Å². The fourth-order valence-corrected chi connectivity index (χ4v) is 9.31. The van der Waals surface area contributed by atoms with Crippen molar-refractivity contribution in [3.8, 4) is 28.7 Å². The smallest absolute Gasteiger partial charge is 0.462 e. The lowest BCUT2D eigenvalue weighted by Gasteiger charge is -2.34. The summed E-state index contributed by atoms with van der Waals surface area (Å²) in [7, 11) is -4.58. The van der Waals surface area contributed by atoms with Gasteiger partial charge in [0.25, 0.3) is 0 Å². The predicted molar refractivity (Wildman–Crippen MR) is 211 cm³/mol. The van der Waals surface area contributed by atoms with Crippen molar-refractivity contribution >= 4 is 24.3 Å². The minimum absolute atomic E-state index is 0.0265. The molecular formula is C44H32F8N3O6P. The number of hydrogen-bond acceptors (Lipinski definition) is 9. The lowest BCUT2D eigenvalue weighted by Crippen LogP contribution is -2.40. The Bertz CT molecular complexity index is 2740. The Balaban J connectivity index is 1.05. The minimum Gasteiger partial charge on any atom is -0.478 e. The molecule has 0 amide bonds. The molecule has 0 saturated heterocycles. The van der Waals surface area contributed by atoms with Crippen LogP contribution in [0, 0.1) is 34.9 Å². The predicted octanol–water partition coefficient (Wildman–Crippen LogP) is 10.4. The van der Waals surface area contributed by atoms with Crippen LogP contribution in [0.4, 0.5) is 46.5 Å². The van der Waals surface area contributed by atoms with Crippen LogP contribution in [0.5, 0.6) is 28.7 Å². The van der Waals surface area contributed by atoms with Crippen LogP contribution >= 0.6 is 7.60 Å². The molecule has 5 aromatic rings. The van der Waals surface area contributed by atoms with Gasteiger partial charge in [0.2, 0.25) is 0 Å². The average Bonchev–Trinajstić information content (AvgIpc) is 3.34. The Morgan fingerprint density at radius 1 is 0.565 bits per heavy atom. The number of anilines is 2. The second-order valence-corrected chi connectivity index (χ2v) is 16.7. The summed E-state index contributed by atoms with van der Waals surface area (Å²) in [5.74, 6) is -7.22. The standard InChI is InChI=1S/C44H32F8N3O6P/c1-24-8-28(45)12-29(46)17-39(24)53-18-25-9-32(2-5-40(25)57-21-53)60-62(56,34-4-7-42-27(11-34)20-55(23-59-42)44-37(51)15-31(48)16-38(44)52)61-33-3-6-41-26(10-33)19-54(22-58-41)43-35(49)13-30(47)14-36(43)50/h2-17,39H,18-23H2,1H3. The number of nitrogens with zero attached hydrogens (tertiary/aromatic N) is 3. The summed E-state index contributed by atoms with van der Waals surface area (Å²) in [6.07, 6.45) is 3.28. The second kappa shape index (κ2) is 16.1. The van der Waals surface area contributed by atoms with Crippen molar-refractivity contribution in [1.82, 2.24) is 4.90 Å². The van der Waals surface area contributed by atoms with Crippen LogP contribution in [0.1, 0.15) is 23.6 Å². The molecule has 9 nitrogen and oxygen atoms in total. The van der Waals surface area contributed by atoms with Crippen LogP contribution in [0.25, 0.3) is 0 Å². The molecule has 0 aromatic heterocycles. The number of rotatable bonds is 8. The summed E-state index contributed by atoms with van der Waals surface area (Å²) in [6, 6.07) is 14.9. The molecule has 18 heteroatoms. The lowest BCUT2D eigenvalue weighted by molar-refractivity contribution is 0.0823. The summed E-state index contributed by atoms with van der Waals surface area (Å²) >= 11 is 0. The number of halogens is 8. The third-order valence-electron chi connectivity index (χ3n) is 10.5. The molecule has 4 aliphatic rings. The van der Waals surface area contributed by atoms with Gasteiger partial charge < -0.3 is 33.1 Å². The van der Waals surface area contributed by atoms with Gasteiger partial charge >= 0.3 is 7.60 Å². The number of ether oxygens (including phenoxy) is 3. The highest BCUT2D eigenvalue weighted by Crippen LogP contribution is 2.50. The zero-order valence-corrected chi connectivity index (χ0v) is 33.2. The number of benzene rings is 5.